The average molecular weight is 575 g/mol. The Bertz CT molecular complexity index is 1230. The van der Waals surface area contributed by atoms with Crippen LogP contribution in [0.1, 0.15) is 50.4 Å². The van der Waals surface area contributed by atoms with Gasteiger partial charge >= 0.3 is 18.2 Å². The molecule has 0 aromatic carbocycles. The van der Waals surface area contributed by atoms with Crippen LogP contribution in [-0.4, -0.2) is 75.6 Å². The van der Waals surface area contributed by atoms with Gasteiger partial charge in [-0.05, 0) is 37.8 Å². The lowest BCUT2D eigenvalue weighted by Crippen LogP contribution is -2.51. The molecule has 0 unspecified atom stereocenters. The molecule has 2 aliphatic rings. The molecule has 1 saturated carbocycles. The minimum Gasteiger partial charge on any atom is -0.466 e. The van der Waals surface area contributed by atoms with Gasteiger partial charge in [-0.2, -0.15) is 13.2 Å². The summed E-state index contributed by atoms with van der Waals surface area (Å²) in [4.78, 5) is 30.8. The number of esters is 1. The van der Waals surface area contributed by atoms with Gasteiger partial charge in [-0.3, -0.25) is 4.79 Å². The van der Waals surface area contributed by atoms with Crippen molar-refractivity contribution in [1.29, 1.82) is 0 Å². The molecule has 2 fully saturated rings. The summed E-state index contributed by atoms with van der Waals surface area (Å²) in [5.74, 6) is -3.35. The summed E-state index contributed by atoms with van der Waals surface area (Å²) in [6.07, 6.45) is -5.14. The van der Waals surface area contributed by atoms with Crippen LogP contribution in [0, 0.1) is 5.92 Å². The largest absolute Gasteiger partial charge is 0.466 e. The quantitative estimate of drug-likeness (QED) is 0.337. The van der Waals surface area contributed by atoms with Crippen LogP contribution in [-0.2, 0) is 34.1 Å². The molecular weight excluding hydrogens is 543 g/mol. The van der Waals surface area contributed by atoms with Gasteiger partial charge in [0.1, 0.15) is 18.0 Å². The summed E-state index contributed by atoms with van der Waals surface area (Å²) in [5, 5.41) is 7.77. The Morgan fingerprint density at radius 3 is 2.58 bits per heavy atom. The second-order valence-electron chi connectivity index (χ2n) is 10.1. The first-order chi connectivity index (χ1) is 18.8. The number of ether oxygens (including phenoxy) is 2. The number of rotatable bonds is 8. The molecular formula is C25H31F5N6O4. The van der Waals surface area contributed by atoms with E-state index in [-0.39, 0.29) is 54.2 Å². The molecule has 1 aliphatic carbocycles. The molecule has 10 nitrogen and oxygen atoms in total. The predicted octanol–water partition coefficient (Wildman–Crippen LogP) is 4.43. The molecule has 1 aliphatic heterocycles. The highest BCUT2D eigenvalue weighted by Crippen LogP contribution is 2.41. The molecule has 0 bridgehead atoms. The van der Waals surface area contributed by atoms with Crippen molar-refractivity contribution < 1.29 is 41.0 Å². The van der Waals surface area contributed by atoms with Crippen molar-refractivity contribution in [2.24, 2.45) is 13.0 Å². The van der Waals surface area contributed by atoms with Crippen LogP contribution >= 0.6 is 0 Å². The summed E-state index contributed by atoms with van der Waals surface area (Å²) >= 11 is 0. The van der Waals surface area contributed by atoms with E-state index in [2.05, 4.69) is 15.3 Å². The van der Waals surface area contributed by atoms with E-state index < -0.39 is 49.4 Å². The lowest BCUT2D eigenvalue weighted by molar-refractivity contribution is -0.144. The summed E-state index contributed by atoms with van der Waals surface area (Å²) in [7, 11) is 2.82. The third-order valence-corrected chi connectivity index (χ3v) is 7.18. The second-order valence-corrected chi connectivity index (χ2v) is 10.1. The maximum absolute atomic E-state index is 14.2. The van der Waals surface area contributed by atoms with Gasteiger partial charge in [-0.1, -0.05) is 5.21 Å². The molecule has 0 N–H and O–H groups in total. The summed E-state index contributed by atoms with van der Waals surface area (Å²) in [6.45, 7) is 2.14. The van der Waals surface area contributed by atoms with Gasteiger partial charge in [0, 0.05) is 46.1 Å². The fourth-order valence-electron chi connectivity index (χ4n) is 4.98. The first-order valence-electron chi connectivity index (χ1n) is 12.9. The first kappa shape index (κ1) is 29.5. The number of amides is 1. The number of hydrogen-bond donors (Lipinski definition) is 0. The average Bonchev–Trinajstić information content (AvgIpc) is 3.24. The Balaban J connectivity index is 1.52. The number of carbonyl (C=O) groups is 2. The molecule has 1 amide bonds. The monoisotopic (exact) mass is 574 g/mol. The van der Waals surface area contributed by atoms with E-state index >= 15 is 0 Å². The smallest absolute Gasteiger partial charge is 0.435 e. The summed E-state index contributed by atoms with van der Waals surface area (Å²) < 4.78 is 80.4. The highest BCUT2D eigenvalue weighted by atomic mass is 19.4. The van der Waals surface area contributed by atoms with Crippen molar-refractivity contribution in [3.63, 3.8) is 0 Å². The molecule has 4 rings (SSSR count). The highest BCUT2D eigenvalue weighted by Gasteiger charge is 2.48. The Hall–Kier alpha value is -3.52. The van der Waals surface area contributed by atoms with E-state index in [1.54, 1.807) is 11.8 Å². The molecule has 1 atom stereocenters. The number of aromatic nitrogens is 4. The van der Waals surface area contributed by atoms with Crippen LogP contribution in [0.3, 0.4) is 0 Å². The number of pyridine rings is 1. The van der Waals surface area contributed by atoms with Gasteiger partial charge in [-0.15, -0.1) is 5.10 Å². The van der Waals surface area contributed by atoms with Crippen LogP contribution in [0.15, 0.2) is 12.1 Å². The van der Waals surface area contributed by atoms with E-state index in [9.17, 15) is 31.5 Å². The number of alkyl halides is 5. The zero-order valence-electron chi connectivity index (χ0n) is 22.4. The minimum atomic E-state index is -4.79. The van der Waals surface area contributed by atoms with Crippen molar-refractivity contribution in [3.8, 4) is 11.4 Å². The van der Waals surface area contributed by atoms with Gasteiger partial charge < -0.3 is 19.3 Å². The molecule has 0 radical (unpaired) electrons. The van der Waals surface area contributed by atoms with Gasteiger partial charge in [0.2, 0.25) is 0 Å². The van der Waals surface area contributed by atoms with E-state index in [0.717, 1.165) is 4.90 Å². The number of carbonyl (C=O) groups excluding carboxylic acids is 2. The number of anilines is 1. The van der Waals surface area contributed by atoms with Crippen molar-refractivity contribution in [1.82, 2.24) is 24.9 Å². The maximum atomic E-state index is 14.2. The van der Waals surface area contributed by atoms with E-state index in [1.807, 2.05) is 0 Å². The normalized spacial score (nSPS) is 19.2. The van der Waals surface area contributed by atoms with Crippen molar-refractivity contribution in [2.45, 2.75) is 63.8 Å². The Labute approximate surface area is 227 Å². The number of piperidine rings is 1. The van der Waals surface area contributed by atoms with E-state index in [1.165, 1.54) is 30.9 Å². The van der Waals surface area contributed by atoms with Crippen LogP contribution in [0.4, 0.5) is 32.4 Å². The van der Waals surface area contributed by atoms with Gasteiger partial charge in [0.15, 0.2) is 5.69 Å². The highest BCUT2D eigenvalue weighted by molar-refractivity contribution is 5.70. The van der Waals surface area contributed by atoms with Crippen LogP contribution in [0.2, 0.25) is 0 Å². The predicted molar refractivity (Wildman–Crippen MR) is 131 cm³/mol. The minimum absolute atomic E-state index is 0.0102. The van der Waals surface area contributed by atoms with Crippen molar-refractivity contribution in [3.05, 3.63) is 23.5 Å². The Morgan fingerprint density at radius 2 is 1.93 bits per heavy atom. The molecule has 3 heterocycles. The number of nitrogens with zero attached hydrogens (tertiary/aromatic N) is 6. The first-order valence-corrected chi connectivity index (χ1v) is 12.9. The van der Waals surface area contributed by atoms with Crippen LogP contribution in [0.5, 0.6) is 0 Å². The lowest BCUT2D eigenvalue weighted by Gasteiger charge is -2.40. The Kier molecular flexibility index (Phi) is 8.49. The fourth-order valence-corrected chi connectivity index (χ4v) is 4.98. The number of aryl methyl sites for hydroxylation is 1. The topological polar surface area (TPSA) is 103 Å². The molecule has 2 aromatic rings. The van der Waals surface area contributed by atoms with Crippen molar-refractivity contribution in [2.75, 3.05) is 31.6 Å². The van der Waals surface area contributed by atoms with Gasteiger partial charge in [0.05, 0.1) is 24.4 Å². The second kappa shape index (κ2) is 11.5. The van der Waals surface area contributed by atoms with Gasteiger partial charge in [0.25, 0.3) is 5.92 Å². The van der Waals surface area contributed by atoms with Gasteiger partial charge in [-0.25, -0.2) is 23.2 Å². The summed E-state index contributed by atoms with van der Waals surface area (Å²) in [5.41, 5.74) is -1.17. The maximum Gasteiger partial charge on any atom is 0.435 e. The van der Waals surface area contributed by atoms with Crippen LogP contribution < -0.4 is 4.90 Å². The fraction of sp³-hybridized carbons (Fsp3) is 0.640. The zero-order chi connectivity index (χ0) is 29.2. The molecule has 15 heteroatoms. The molecule has 40 heavy (non-hydrogen) atoms. The standard InChI is InChI=1S/C25H31F5N6O4/c1-4-39-20(37)10-15-6-5-9-36(13-15)18-8-7-17(31-22(18)25(28,29)30)21-19(35(3)33-32-21)14-40-23(38)34(2)16-11-24(26,27)12-16/h7-8,15-16H,4-6,9-14H2,1-3H3/t15-/m1/s1. The molecule has 1 saturated heterocycles. The number of halogens is 5. The van der Waals surface area contributed by atoms with E-state index in [0.29, 0.717) is 19.4 Å². The SMILES string of the molecule is CCOC(=O)C[C@H]1CCCN(c2ccc(-c3nnn(C)c3COC(=O)N(C)C3CC(F)(F)C3)nc2C(F)(F)F)C1. The molecule has 220 valence electrons. The molecule has 2 aromatic heterocycles. The number of hydrogen-bond acceptors (Lipinski definition) is 8. The third kappa shape index (κ3) is 6.61. The lowest BCUT2D eigenvalue weighted by atomic mass is 9.87. The van der Waals surface area contributed by atoms with Crippen LogP contribution in [0.25, 0.3) is 11.4 Å². The Morgan fingerprint density at radius 1 is 1.20 bits per heavy atom. The van der Waals surface area contributed by atoms with Crippen molar-refractivity contribution >= 4 is 17.7 Å². The summed E-state index contributed by atoms with van der Waals surface area (Å²) in [6, 6.07) is 2.03. The third-order valence-electron chi connectivity index (χ3n) is 7.18. The van der Waals surface area contributed by atoms with E-state index in [4.69, 9.17) is 9.47 Å². The molecule has 0 spiro atoms. The zero-order valence-corrected chi connectivity index (χ0v) is 22.4.